The van der Waals surface area contributed by atoms with E-state index in [0.717, 1.165) is 9.80 Å². The van der Waals surface area contributed by atoms with Gasteiger partial charge in [0.25, 0.3) is 0 Å². The monoisotopic (exact) mass is 292 g/mol. The van der Waals surface area contributed by atoms with Crippen molar-refractivity contribution in [2.45, 2.75) is 0 Å². The third-order valence-corrected chi connectivity index (χ3v) is 2.44. The lowest BCUT2D eigenvalue weighted by Crippen LogP contribution is -1.82. The van der Waals surface area contributed by atoms with Crippen LogP contribution in [0.3, 0.4) is 0 Å². The molecular weight excluding hydrogens is 287 g/mol. The average molecular weight is 294 g/mol. The second-order valence-corrected chi connectivity index (χ2v) is 3.69. The summed E-state index contributed by atoms with van der Waals surface area (Å²) in [6.45, 7) is 0. The molecule has 0 unspecified atom stereocenters. The Morgan fingerprint density at radius 2 is 2.17 bits per heavy atom. The van der Waals surface area contributed by atoms with E-state index < -0.39 is 0 Å². The minimum atomic E-state index is -0.207. The molecule has 0 aliphatic rings. The van der Waals surface area contributed by atoms with Gasteiger partial charge in [0, 0.05) is 15.4 Å². The SMILES string of the molecule is Fc1cccc(Br)c1C=CCBr. The van der Waals surface area contributed by atoms with Crippen LogP contribution >= 0.6 is 31.9 Å². The molecule has 1 aromatic rings. The molecule has 12 heavy (non-hydrogen) atoms. The summed E-state index contributed by atoms with van der Waals surface area (Å²) in [5.41, 5.74) is 0.594. The minimum Gasteiger partial charge on any atom is -0.206 e. The summed E-state index contributed by atoms with van der Waals surface area (Å²) in [5.74, 6) is -0.207. The van der Waals surface area contributed by atoms with Crippen LogP contribution in [-0.2, 0) is 0 Å². The number of hydrogen-bond donors (Lipinski definition) is 0. The van der Waals surface area contributed by atoms with E-state index in [9.17, 15) is 4.39 Å². The van der Waals surface area contributed by atoms with Crippen LogP contribution in [0.4, 0.5) is 4.39 Å². The Labute approximate surface area is 87.7 Å². The van der Waals surface area contributed by atoms with Crippen molar-refractivity contribution in [3.63, 3.8) is 0 Å². The summed E-state index contributed by atoms with van der Waals surface area (Å²) in [7, 11) is 0. The van der Waals surface area contributed by atoms with Crippen molar-refractivity contribution in [1.29, 1.82) is 0 Å². The third kappa shape index (κ3) is 2.42. The molecule has 0 fully saturated rings. The zero-order valence-electron chi connectivity index (χ0n) is 6.23. The summed E-state index contributed by atoms with van der Waals surface area (Å²) < 4.78 is 13.9. The van der Waals surface area contributed by atoms with Gasteiger partial charge < -0.3 is 0 Å². The predicted octanol–water partition coefficient (Wildman–Crippen LogP) is 4.00. The van der Waals surface area contributed by atoms with Gasteiger partial charge in [0.2, 0.25) is 0 Å². The predicted molar refractivity (Wildman–Crippen MR) is 56.9 cm³/mol. The van der Waals surface area contributed by atoms with Crippen molar-refractivity contribution >= 4 is 37.9 Å². The highest BCUT2D eigenvalue weighted by Gasteiger charge is 2.00. The van der Waals surface area contributed by atoms with Gasteiger partial charge in [-0.25, -0.2) is 4.39 Å². The Hall–Kier alpha value is -0.150. The molecule has 0 N–H and O–H groups in total. The molecule has 1 aromatic carbocycles. The van der Waals surface area contributed by atoms with Gasteiger partial charge in [-0.2, -0.15) is 0 Å². The Bertz CT molecular complexity index is 274. The summed E-state index contributed by atoms with van der Waals surface area (Å²) in [6.07, 6.45) is 3.59. The van der Waals surface area contributed by atoms with Crippen molar-refractivity contribution in [1.82, 2.24) is 0 Å². The van der Waals surface area contributed by atoms with E-state index in [1.54, 1.807) is 12.1 Å². The normalized spacial score (nSPS) is 10.9. The first-order valence-electron chi connectivity index (χ1n) is 3.42. The van der Waals surface area contributed by atoms with Gasteiger partial charge in [-0.15, -0.1) is 0 Å². The van der Waals surface area contributed by atoms with Crippen molar-refractivity contribution in [3.8, 4) is 0 Å². The smallest absolute Gasteiger partial charge is 0.131 e. The van der Waals surface area contributed by atoms with Gasteiger partial charge >= 0.3 is 0 Å². The molecule has 0 aromatic heterocycles. The van der Waals surface area contributed by atoms with E-state index in [1.165, 1.54) is 6.07 Å². The fourth-order valence-corrected chi connectivity index (χ4v) is 1.49. The molecule has 0 aliphatic carbocycles. The van der Waals surface area contributed by atoms with Crippen LogP contribution in [0.15, 0.2) is 28.7 Å². The fourth-order valence-electron chi connectivity index (χ4n) is 0.832. The molecule has 0 amide bonds. The lowest BCUT2D eigenvalue weighted by atomic mass is 10.2. The molecule has 0 aliphatic heterocycles. The van der Waals surface area contributed by atoms with Crippen molar-refractivity contribution < 1.29 is 4.39 Å². The van der Waals surface area contributed by atoms with Crippen LogP contribution in [0, 0.1) is 5.82 Å². The van der Waals surface area contributed by atoms with Crippen molar-refractivity contribution in [3.05, 3.63) is 40.1 Å². The number of benzene rings is 1. The zero-order chi connectivity index (χ0) is 8.97. The van der Waals surface area contributed by atoms with Gasteiger partial charge in [0.05, 0.1) is 0 Å². The van der Waals surface area contributed by atoms with Gasteiger partial charge in [-0.1, -0.05) is 50.1 Å². The number of allylic oxidation sites excluding steroid dienone is 1. The van der Waals surface area contributed by atoms with Gasteiger partial charge in [-0.05, 0) is 12.1 Å². The van der Waals surface area contributed by atoms with Crippen LogP contribution in [0.25, 0.3) is 6.08 Å². The standard InChI is InChI=1S/C9H7Br2F/c10-6-2-3-7-8(11)4-1-5-9(7)12/h1-5H,6H2. The maximum absolute atomic E-state index is 13.1. The Morgan fingerprint density at radius 3 is 2.75 bits per heavy atom. The molecule has 3 heteroatoms. The van der Waals surface area contributed by atoms with Crippen LogP contribution in [-0.4, -0.2) is 5.33 Å². The maximum Gasteiger partial charge on any atom is 0.131 e. The molecule has 0 nitrogen and oxygen atoms in total. The van der Waals surface area contributed by atoms with E-state index in [2.05, 4.69) is 31.9 Å². The highest BCUT2D eigenvalue weighted by atomic mass is 79.9. The van der Waals surface area contributed by atoms with E-state index in [4.69, 9.17) is 0 Å². The van der Waals surface area contributed by atoms with Crippen LogP contribution in [0.2, 0.25) is 0 Å². The lowest BCUT2D eigenvalue weighted by molar-refractivity contribution is 0.624. The molecule has 0 atom stereocenters. The lowest BCUT2D eigenvalue weighted by Gasteiger charge is -1.98. The van der Waals surface area contributed by atoms with Crippen molar-refractivity contribution in [2.24, 2.45) is 0 Å². The first-order chi connectivity index (χ1) is 5.75. The molecule has 0 spiro atoms. The Kier molecular flexibility index (Phi) is 3.95. The number of alkyl halides is 1. The van der Waals surface area contributed by atoms with Gasteiger partial charge in [0.15, 0.2) is 0 Å². The molecule has 0 bridgehead atoms. The molecule has 64 valence electrons. The molecule has 0 saturated heterocycles. The summed E-state index contributed by atoms with van der Waals surface area (Å²) in [5, 5.41) is 0.730. The summed E-state index contributed by atoms with van der Waals surface area (Å²) in [6, 6.07) is 4.93. The fraction of sp³-hybridized carbons (Fsp3) is 0.111. The Balaban J connectivity index is 3.04. The minimum absolute atomic E-state index is 0.207. The number of halogens is 3. The first kappa shape index (κ1) is 9.93. The second-order valence-electron chi connectivity index (χ2n) is 2.19. The Morgan fingerprint density at radius 1 is 1.42 bits per heavy atom. The van der Waals surface area contributed by atoms with E-state index in [1.807, 2.05) is 12.1 Å². The zero-order valence-corrected chi connectivity index (χ0v) is 9.40. The van der Waals surface area contributed by atoms with Gasteiger partial charge in [0.1, 0.15) is 5.82 Å². The van der Waals surface area contributed by atoms with E-state index >= 15 is 0 Å². The quantitative estimate of drug-likeness (QED) is 0.723. The maximum atomic E-state index is 13.1. The molecule has 1 rings (SSSR count). The van der Waals surface area contributed by atoms with Crippen LogP contribution in [0.1, 0.15) is 5.56 Å². The average Bonchev–Trinajstić information content (AvgIpc) is 2.04. The molecule has 0 heterocycles. The molecular formula is C9H7Br2F. The molecule has 0 radical (unpaired) electrons. The van der Waals surface area contributed by atoms with Gasteiger partial charge in [-0.3, -0.25) is 0 Å². The number of rotatable bonds is 2. The first-order valence-corrected chi connectivity index (χ1v) is 5.33. The van der Waals surface area contributed by atoms with Crippen LogP contribution < -0.4 is 0 Å². The second kappa shape index (κ2) is 4.77. The van der Waals surface area contributed by atoms with E-state index in [-0.39, 0.29) is 5.82 Å². The third-order valence-electron chi connectivity index (χ3n) is 1.37. The largest absolute Gasteiger partial charge is 0.206 e. The highest BCUT2D eigenvalue weighted by Crippen LogP contribution is 2.20. The van der Waals surface area contributed by atoms with Crippen molar-refractivity contribution in [2.75, 3.05) is 5.33 Å². The highest BCUT2D eigenvalue weighted by molar-refractivity contribution is 9.10. The topological polar surface area (TPSA) is 0 Å². The van der Waals surface area contributed by atoms with E-state index in [0.29, 0.717) is 5.56 Å². The van der Waals surface area contributed by atoms with Crippen LogP contribution in [0.5, 0.6) is 0 Å². The summed E-state index contributed by atoms with van der Waals surface area (Å²) >= 11 is 6.50. The molecule has 0 saturated carbocycles. The number of hydrogen-bond acceptors (Lipinski definition) is 0. The summed E-state index contributed by atoms with van der Waals surface area (Å²) in [4.78, 5) is 0.